The predicted octanol–water partition coefficient (Wildman–Crippen LogP) is 28.8. The maximum absolute atomic E-state index is 13.3. The van der Waals surface area contributed by atoms with E-state index in [9.17, 15) is 5.11 Å². The maximum Gasteiger partial charge on any atom is 2.00 e. The van der Waals surface area contributed by atoms with Gasteiger partial charge in [-0.05, 0) is 239 Å². The van der Waals surface area contributed by atoms with Crippen LogP contribution in [0.2, 0.25) is 0 Å². The first-order valence-electron chi connectivity index (χ1n) is 46.0. The molecule has 0 fully saturated rings. The van der Waals surface area contributed by atoms with Gasteiger partial charge in [-0.1, -0.05) is 390 Å². The molecule has 11 heteroatoms. The van der Waals surface area contributed by atoms with Crippen LogP contribution in [0.1, 0.15) is 273 Å². The van der Waals surface area contributed by atoms with E-state index in [0.717, 1.165) is 112 Å². The number of fused-ring (bicyclic) bond motifs is 16. The van der Waals surface area contributed by atoms with Crippen LogP contribution in [0.15, 0.2) is 212 Å². The van der Waals surface area contributed by atoms with E-state index in [2.05, 4.69) is 408 Å². The first kappa shape index (κ1) is 95.5. The molecule has 0 amide bonds. The Bertz CT molecular complexity index is 6950. The molecular weight excluding hydrogens is 1720 g/mol. The molecule has 0 atom stereocenters. The molecule has 134 heavy (non-hydrogen) atoms. The maximum atomic E-state index is 13.3. The molecule has 0 radical (unpaired) electrons. The Morgan fingerprint density at radius 1 is 0.209 bits per heavy atom. The van der Waals surface area contributed by atoms with E-state index < -0.39 is 5.60 Å². The van der Waals surface area contributed by atoms with Crippen LogP contribution in [-0.2, 0) is 81.9 Å². The summed E-state index contributed by atoms with van der Waals surface area (Å²) in [6, 6.07) is 74.7. The summed E-state index contributed by atoms with van der Waals surface area (Å²) < 4.78 is 0. The topological polar surface area (TPSA) is 128 Å². The van der Waals surface area contributed by atoms with Crippen LogP contribution in [0, 0.1) is 47.4 Å². The Labute approximate surface area is 812 Å². The van der Waals surface area contributed by atoms with Crippen molar-refractivity contribution in [3.05, 3.63) is 319 Å². The average Bonchev–Trinajstić information content (AvgIpc) is 1.61. The number of rotatable bonds is 7. The summed E-state index contributed by atoms with van der Waals surface area (Å²) in [6.07, 6.45) is 16.7. The monoisotopic (exact) mass is 1840 g/mol. The molecule has 0 spiro atoms. The van der Waals surface area contributed by atoms with E-state index in [1.54, 1.807) is 0 Å². The van der Waals surface area contributed by atoms with Crippen molar-refractivity contribution in [3.8, 4) is 114 Å². The third kappa shape index (κ3) is 19.8. The minimum atomic E-state index is -2.09. The predicted molar refractivity (Wildman–Crippen MR) is 555 cm³/mol. The Morgan fingerprint density at radius 3 is 0.634 bits per heavy atom. The number of nitrogens with zero attached hydrogens (tertiary/aromatic N) is 8. The zero-order valence-electron chi connectivity index (χ0n) is 81.5. The quantitative estimate of drug-likeness (QED) is 0.123. The molecule has 0 unspecified atom stereocenters. The van der Waals surface area contributed by atoms with Gasteiger partial charge in [-0.2, -0.15) is 0 Å². The van der Waals surface area contributed by atoms with Gasteiger partial charge in [0.25, 0.3) is 0 Å². The van der Waals surface area contributed by atoms with Gasteiger partial charge in [-0.15, -0.1) is 44.1 Å². The molecule has 0 saturated carbocycles. The summed E-state index contributed by atoms with van der Waals surface area (Å²) in [7, 11) is 0. The number of hydrogen-bond donors (Lipinski definition) is 1. The fourth-order valence-electron chi connectivity index (χ4n) is 17.3. The van der Waals surface area contributed by atoms with Gasteiger partial charge in [-0.25, -0.2) is 19.9 Å². The van der Waals surface area contributed by atoms with Crippen LogP contribution in [0.25, 0.3) is 160 Å². The second kappa shape index (κ2) is 36.0. The van der Waals surface area contributed by atoms with E-state index in [1.807, 2.05) is 66.7 Å². The smallest absolute Gasteiger partial charge is 0.657 e. The summed E-state index contributed by atoms with van der Waals surface area (Å²) in [5, 5.41) is 13.3. The number of aromatic nitrogens is 8. The summed E-state index contributed by atoms with van der Waals surface area (Å²) >= 11 is 0. The molecule has 13 aromatic rings. The van der Waals surface area contributed by atoms with Crippen LogP contribution in [0.3, 0.4) is 0 Å². The van der Waals surface area contributed by atoms with Crippen LogP contribution in [0.5, 0.6) is 0 Å². The molecule has 4 aliphatic rings. The number of hydrogen-bond acceptors (Lipinski definition) is 5. The first-order chi connectivity index (χ1) is 62.3. The van der Waals surface area contributed by atoms with Crippen molar-refractivity contribution in [2.75, 3.05) is 0 Å². The third-order valence-corrected chi connectivity index (χ3v) is 25.3. The Morgan fingerprint density at radius 2 is 0.403 bits per heavy atom. The fourth-order valence-corrected chi connectivity index (χ4v) is 17.3. The second-order valence-corrected chi connectivity index (χ2v) is 43.7. The molecular formula is C123H116N8Ni2O. The van der Waals surface area contributed by atoms with Gasteiger partial charge < -0.3 is 25.0 Å². The average molecular weight is 1840 g/mol. The summed E-state index contributed by atoms with van der Waals surface area (Å²) in [5.41, 5.74) is 29.9. The molecule has 1 N–H and O–H groups in total. The van der Waals surface area contributed by atoms with Gasteiger partial charge in [0, 0.05) is 16.7 Å². The fraction of sp³-hybridized carbons (Fsp3) is 0.268. The van der Waals surface area contributed by atoms with Crippen LogP contribution >= 0.6 is 0 Å². The van der Waals surface area contributed by atoms with Crippen LogP contribution < -0.4 is 19.9 Å². The van der Waals surface area contributed by atoms with Crippen molar-refractivity contribution in [2.45, 2.75) is 215 Å². The van der Waals surface area contributed by atoms with Gasteiger partial charge in [0.1, 0.15) is 0 Å². The van der Waals surface area contributed by atoms with E-state index in [0.29, 0.717) is 61.5 Å². The molecule has 6 aromatic heterocycles. The summed E-state index contributed by atoms with van der Waals surface area (Å²) in [5.74, 6) is 26.1. The molecule has 9 nitrogen and oxygen atoms in total. The van der Waals surface area contributed by atoms with Crippen molar-refractivity contribution >= 4 is 92.7 Å². The second-order valence-electron chi connectivity index (χ2n) is 43.7. The number of aliphatic hydroxyl groups is 1. The van der Waals surface area contributed by atoms with E-state index in [4.69, 9.17) is 39.9 Å². The molecule has 0 saturated heterocycles. The van der Waals surface area contributed by atoms with Gasteiger partial charge >= 0.3 is 33.0 Å². The van der Waals surface area contributed by atoms with Gasteiger partial charge in [0.05, 0.1) is 45.6 Å². The molecule has 17 rings (SSSR count). The molecule has 10 heterocycles. The molecule has 674 valence electrons. The van der Waals surface area contributed by atoms with Gasteiger partial charge in [-0.3, -0.25) is 0 Å². The van der Waals surface area contributed by atoms with E-state index >= 15 is 0 Å². The number of benzene rings is 7. The minimum Gasteiger partial charge on any atom is -0.657 e. The van der Waals surface area contributed by atoms with E-state index in [-0.39, 0.29) is 76.3 Å². The molecule has 7 aromatic carbocycles. The SMILES string of the molecule is CC(C)(C)c1cc(-c2c3nc(c(-c4ccccc4)c4ccc([n-]4)c(-c4cc(C(C)(C)C)cc(C(C)(C)C)c4)c4nc(c(C#CC#CC(O)(C#CC#Cc5c6nc(c(-c7cc(C(C)(C)C)cc(C(C)(C)C)c7)c7ccc([n-]7)c(-c7ccccc7)c7nc(c(-c8cc(C(C)(C)C)cc(C(C)(C)C)c8)c8ccc5[n-]8)C=C7)C=C6)c5ccccc5)c5ccc2[n-]5)C=C4)C=C3)cc(C(C)(C)C)c1.[Ni+2].[Ni+2]. The zero-order chi connectivity index (χ0) is 93.7. The van der Waals surface area contributed by atoms with Gasteiger partial charge in [0.15, 0.2) is 0 Å². The Hall–Kier alpha value is -13.1. The van der Waals surface area contributed by atoms with Crippen LogP contribution in [-0.4, -0.2) is 25.0 Å². The third-order valence-electron chi connectivity index (χ3n) is 25.3. The summed E-state index contributed by atoms with van der Waals surface area (Å²) in [6.45, 7) is 54.3. The van der Waals surface area contributed by atoms with Gasteiger partial charge in [0.2, 0.25) is 5.60 Å². The normalized spacial score (nSPS) is 12.8. The largest absolute Gasteiger partial charge is 2.00 e. The zero-order valence-corrected chi connectivity index (χ0v) is 83.5. The Kier molecular flexibility index (Phi) is 25.7. The molecule has 4 aliphatic heterocycles. The Balaban J connectivity index is 0.00000684. The minimum absolute atomic E-state index is 0. The molecule has 16 bridgehead atoms. The first-order valence-corrected chi connectivity index (χ1v) is 46.0. The van der Waals surface area contributed by atoms with Crippen molar-refractivity contribution < 1.29 is 38.1 Å². The van der Waals surface area contributed by atoms with Crippen molar-refractivity contribution in [1.29, 1.82) is 0 Å². The van der Waals surface area contributed by atoms with Crippen molar-refractivity contribution in [2.24, 2.45) is 0 Å². The standard InChI is InChI=1S/C123H116N8O.2Ni/c1-115(2,3)83-64-78(65-84(72-83)116(4,5)6)111-101-50-46-93(124-101)91(94-47-51-102(125-94)112(79-66-85(117(7,8)9)73-86(67-79)118(10,11)12)106-59-55-98(129-106)109(76-38-28-25-29-39-76)97-54-58-105(111)128-97)44-34-36-62-123(132,82-42-32-27-33-43-82)63-37-35-45-92-95-48-52-103(126-95)113(80-68-87(119(13,14)15)74-88(69-80)120(16,17)18)107-60-56-99(130-107)110(77-40-30-26-31-41-77)100-57-61-108(131-100)114(104-53-49-96(92)127-104)81-70-89(121(19,20)21)75-90(71-81)122(22,23)24;;/h25-33,38-43,46-61,64-75,132H,1-24H3;;/q-4;2*+2. The van der Waals surface area contributed by atoms with Crippen molar-refractivity contribution in [3.63, 3.8) is 0 Å². The van der Waals surface area contributed by atoms with Crippen molar-refractivity contribution in [1.82, 2.24) is 39.9 Å². The van der Waals surface area contributed by atoms with E-state index in [1.165, 1.54) is 44.5 Å². The summed E-state index contributed by atoms with van der Waals surface area (Å²) in [4.78, 5) is 45.3. The van der Waals surface area contributed by atoms with Crippen LogP contribution in [0.4, 0.5) is 0 Å². The molecule has 0 aliphatic carbocycles.